The number of aromatic nitrogens is 2. The molecule has 1 heterocycles. The molecule has 0 fully saturated rings. The van der Waals surface area contributed by atoms with Gasteiger partial charge in [-0.2, -0.15) is 0 Å². The molecule has 0 aliphatic carbocycles. The first-order valence-corrected chi connectivity index (χ1v) is 7.07. The molecule has 0 saturated carbocycles. The highest BCUT2D eigenvalue weighted by Crippen LogP contribution is 2.19. The predicted molar refractivity (Wildman–Crippen MR) is 83.3 cm³/mol. The number of halogens is 1. The van der Waals surface area contributed by atoms with Gasteiger partial charge in [0.05, 0.1) is 4.47 Å². The summed E-state index contributed by atoms with van der Waals surface area (Å²) in [6, 6.07) is 5.35. The van der Waals surface area contributed by atoms with Crippen LogP contribution >= 0.6 is 15.9 Å². The van der Waals surface area contributed by atoms with Gasteiger partial charge in [0.2, 0.25) is 5.95 Å². The van der Waals surface area contributed by atoms with Crippen LogP contribution < -0.4 is 15.4 Å². The average Bonchev–Trinajstić information content (AvgIpc) is 2.46. The Balaban J connectivity index is 1.81. The summed E-state index contributed by atoms with van der Waals surface area (Å²) in [5, 5.41) is 5.09. The Hall–Kier alpha value is -2.15. The molecule has 0 radical (unpaired) electrons. The molecular weight excluding hydrogens is 336 g/mol. The first kappa shape index (κ1) is 15.2. The fourth-order valence-electron chi connectivity index (χ4n) is 1.58. The molecule has 2 aromatic rings. The number of ether oxygens (including phenoxy) is 1. The van der Waals surface area contributed by atoms with Crippen LogP contribution in [0.3, 0.4) is 0 Å². The lowest BCUT2D eigenvalue weighted by Gasteiger charge is -2.11. The molecule has 6 nitrogen and oxygen atoms in total. The average molecular weight is 351 g/mol. The normalized spacial score (nSPS) is 10.0. The van der Waals surface area contributed by atoms with Gasteiger partial charge in [-0.3, -0.25) is 5.32 Å². The SMILES string of the molecule is Cc1cccc(OCNC(=O)Nc2ncc(Br)cn2)c1C. The molecule has 1 aromatic heterocycles. The van der Waals surface area contributed by atoms with E-state index >= 15 is 0 Å². The number of carbonyl (C=O) groups is 1. The second-order valence-electron chi connectivity index (χ2n) is 4.34. The van der Waals surface area contributed by atoms with E-state index in [9.17, 15) is 4.79 Å². The summed E-state index contributed by atoms with van der Waals surface area (Å²) >= 11 is 3.22. The highest BCUT2D eigenvalue weighted by molar-refractivity contribution is 9.10. The van der Waals surface area contributed by atoms with E-state index < -0.39 is 6.03 Å². The van der Waals surface area contributed by atoms with Crippen molar-refractivity contribution in [2.24, 2.45) is 0 Å². The summed E-state index contributed by atoms with van der Waals surface area (Å²) in [4.78, 5) is 19.5. The van der Waals surface area contributed by atoms with Crippen molar-refractivity contribution in [3.63, 3.8) is 0 Å². The zero-order chi connectivity index (χ0) is 15.2. The highest BCUT2D eigenvalue weighted by atomic mass is 79.9. The van der Waals surface area contributed by atoms with Crippen molar-refractivity contribution < 1.29 is 9.53 Å². The van der Waals surface area contributed by atoms with Crippen molar-refractivity contribution in [3.8, 4) is 5.75 Å². The minimum absolute atomic E-state index is 0.0622. The predicted octanol–water partition coefficient (Wildman–Crippen LogP) is 3.01. The van der Waals surface area contributed by atoms with Gasteiger partial charge in [0.25, 0.3) is 0 Å². The van der Waals surface area contributed by atoms with E-state index in [1.165, 1.54) is 0 Å². The summed E-state index contributed by atoms with van der Waals surface area (Å²) in [7, 11) is 0. The summed E-state index contributed by atoms with van der Waals surface area (Å²) in [5.41, 5.74) is 2.19. The van der Waals surface area contributed by atoms with Gasteiger partial charge >= 0.3 is 6.03 Å². The Morgan fingerprint density at radius 1 is 1.29 bits per heavy atom. The van der Waals surface area contributed by atoms with Crippen LogP contribution in [-0.2, 0) is 0 Å². The maximum atomic E-state index is 11.6. The molecule has 0 atom stereocenters. The van der Waals surface area contributed by atoms with E-state index in [1.807, 2.05) is 32.0 Å². The topological polar surface area (TPSA) is 76.1 Å². The molecule has 1 aromatic carbocycles. The molecule has 0 saturated heterocycles. The van der Waals surface area contributed by atoms with Crippen molar-refractivity contribution in [2.45, 2.75) is 13.8 Å². The third kappa shape index (κ3) is 4.42. The van der Waals surface area contributed by atoms with Crippen molar-refractivity contribution in [3.05, 3.63) is 46.2 Å². The quantitative estimate of drug-likeness (QED) is 0.831. The van der Waals surface area contributed by atoms with E-state index in [-0.39, 0.29) is 12.7 Å². The molecule has 0 unspecified atom stereocenters. The van der Waals surface area contributed by atoms with Crippen LogP contribution in [0, 0.1) is 13.8 Å². The number of nitrogens with one attached hydrogen (secondary N) is 2. The molecule has 21 heavy (non-hydrogen) atoms. The van der Waals surface area contributed by atoms with E-state index in [2.05, 4.69) is 36.5 Å². The van der Waals surface area contributed by atoms with E-state index in [1.54, 1.807) is 12.4 Å². The van der Waals surface area contributed by atoms with Gasteiger partial charge in [-0.1, -0.05) is 12.1 Å². The van der Waals surface area contributed by atoms with E-state index in [0.29, 0.717) is 0 Å². The minimum atomic E-state index is -0.428. The number of aryl methyl sites for hydroxylation is 1. The third-order valence-electron chi connectivity index (χ3n) is 2.86. The molecule has 0 bridgehead atoms. The van der Waals surface area contributed by atoms with E-state index in [0.717, 1.165) is 21.3 Å². The Labute approximate surface area is 131 Å². The fourth-order valence-corrected chi connectivity index (χ4v) is 1.79. The van der Waals surface area contributed by atoms with Gasteiger partial charge in [0, 0.05) is 12.4 Å². The molecule has 2 N–H and O–H groups in total. The van der Waals surface area contributed by atoms with Crippen LogP contribution in [0.1, 0.15) is 11.1 Å². The maximum Gasteiger partial charge on any atom is 0.324 e. The molecular formula is C14H15BrN4O2. The van der Waals surface area contributed by atoms with Gasteiger partial charge in [0.15, 0.2) is 6.73 Å². The Bertz CT molecular complexity index is 631. The number of anilines is 1. The highest BCUT2D eigenvalue weighted by Gasteiger charge is 2.05. The Kier molecular flexibility index (Phi) is 5.10. The summed E-state index contributed by atoms with van der Waals surface area (Å²) in [5.74, 6) is 0.970. The van der Waals surface area contributed by atoms with Gasteiger partial charge in [-0.15, -0.1) is 0 Å². The van der Waals surface area contributed by atoms with Crippen LogP contribution in [0.25, 0.3) is 0 Å². The second-order valence-corrected chi connectivity index (χ2v) is 5.26. The van der Waals surface area contributed by atoms with E-state index in [4.69, 9.17) is 4.74 Å². The lowest BCUT2D eigenvalue weighted by molar-refractivity contribution is 0.234. The van der Waals surface area contributed by atoms with Crippen LogP contribution in [0.4, 0.5) is 10.7 Å². The third-order valence-corrected chi connectivity index (χ3v) is 3.27. The molecule has 2 amide bonds. The molecule has 0 aliphatic heterocycles. The minimum Gasteiger partial charge on any atom is -0.473 e. The second kappa shape index (κ2) is 7.03. The van der Waals surface area contributed by atoms with Crippen molar-refractivity contribution in [1.82, 2.24) is 15.3 Å². The summed E-state index contributed by atoms with van der Waals surface area (Å²) < 4.78 is 6.27. The number of amides is 2. The smallest absolute Gasteiger partial charge is 0.324 e. The van der Waals surface area contributed by atoms with Crippen molar-refractivity contribution >= 4 is 27.9 Å². The van der Waals surface area contributed by atoms with Gasteiger partial charge in [-0.05, 0) is 47.0 Å². The Morgan fingerprint density at radius 2 is 2.00 bits per heavy atom. The standard InChI is InChI=1S/C14H15BrN4O2/c1-9-4-3-5-12(10(9)2)21-8-18-14(20)19-13-16-6-11(15)7-17-13/h3-7H,8H2,1-2H3,(H2,16,17,18,19,20). The first-order valence-electron chi connectivity index (χ1n) is 6.27. The maximum absolute atomic E-state index is 11.6. The number of nitrogens with zero attached hydrogens (tertiary/aromatic N) is 2. The number of carbonyl (C=O) groups excluding carboxylic acids is 1. The summed E-state index contributed by atoms with van der Waals surface area (Å²) in [6.45, 7) is 4.04. The first-order chi connectivity index (χ1) is 10.1. The van der Waals surface area contributed by atoms with Crippen LogP contribution in [0.5, 0.6) is 5.75 Å². The van der Waals surface area contributed by atoms with Gasteiger partial charge < -0.3 is 10.1 Å². The Morgan fingerprint density at radius 3 is 2.71 bits per heavy atom. The lowest BCUT2D eigenvalue weighted by Crippen LogP contribution is -2.32. The van der Waals surface area contributed by atoms with Crippen LogP contribution in [0.15, 0.2) is 35.1 Å². The number of rotatable bonds is 4. The fraction of sp³-hybridized carbons (Fsp3) is 0.214. The number of benzene rings is 1. The van der Waals surface area contributed by atoms with Crippen molar-refractivity contribution in [1.29, 1.82) is 0 Å². The number of urea groups is 1. The molecule has 0 spiro atoms. The van der Waals surface area contributed by atoms with Crippen LogP contribution in [-0.4, -0.2) is 22.7 Å². The largest absolute Gasteiger partial charge is 0.473 e. The number of hydrogen-bond donors (Lipinski definition) is 2. The molecule has 0 aliphatic rings. The van der Waals surface area contributed by atoms with Gasteiger partial charge in [0.1, 0.15) is 5.75 Å². The van der Waals surface area contributed by atoms with Gasteiger partial charge in [-0.25, -0.2) is 14.8 Å². The lowest BCUT2D eigenvalue weighted by atomic mass is 10.1. The van der Waals surface area contributed by atoms with Crippen molar-refractivity contribution in [2.75, 3.05) is 12.0 Å². The molecule has 2 rings (SSSR count). The molecule has 110 valence electrons. The summed E-state index contributed by atoms with van der Waals surface area (Å²) in [6.07, 6.45) is 3.10. The zero-order valence-electron chi connectivity index (χ0n) is 11.7. The van der Waals surface area contributed by atoms with Crippen LogP contribution in [0.2, 0.25) is 0 Å². The zero-order valence-corrected chi connectivity index (χ0v) is 13.3. The number of hydrogen-bond acceptors (Lipinski definition) is 4. The monoisotopic (exact) mass is 350 g/mol. The molecule has 7 heteroatoms.